The van der Waals surface area contributed by atoms with Crippen LogP contribution in [0, 0.1) is 0 Å². The van der Waals surface area contributed by atoms with Crippen LogP contribution in [0.4, 0.5) is 0 Å². The lowest BCUT2D eigenvalue weighted by molar-refractivity contribution is 0.693. The van der Waals surface area contributed by atoms with E-state index in [0.717, 1.165) is 34.3 Å². The molecule has 0 bridgehead atoms. The number of rotatable bonds is 4. The maximum atomic E-state index is 6.03. The predicted molar refractivity (Wildman–Crippen MR) is 92.7 cm³/mol. The number of benzene rings is 1. The highest BCUT2D eigenvalue weighted by molar-refractivity contribution is 9.11. The van der Waals surface area contributed by atoms with Crippen LogP contribution in [0.5, 0.6) is 0 Å². The molecule has 2 nitrogen and oxygen atoms in total. The van der Waals surface area contributed by atoms with Crippen molar-refractivity contribution >= 4 is 65.8 Å². The smallest absolute Gasteiger partial charge is 0.124 e. The van der Waals surface area contributed by atoms with E-state index in [2.05, 4.69) is 59.6 Å². The lowest BCUT2D eigenvalue weighted by Crippen LogP contribution is -2.04. The van der Waals surface area contributed by atoms with Crippen LogP contribution >= 0.6 is 54.8 Å². The number of hydrogen-bond donors (Lipinski definition) is 0. The van der Waals surface area contributed by atoms with Gasteiger partial charge in [-0.3, -0.25) is 0 Å². The predicted octanol–water partition coefficient (Wildman–Crippen LogP) is 5.60. The molecule has 3 rings (SSSR count). The molecule has 0 saturated heterocycles. The molecular weight excluding hydrogens is 423 g/mol. The zero-order valence-corrected chi connectivity index (χ0v) is 15.2. The summed E-state index contributed by atoms with van der Waals surface area (Å²) < 4.78 is 4.44. The molecule has 6 heteroatoms. The number of imidazole rings is 1. The molecule has 2 heterocycles. The van der Waals surface area contributed by atoms with Crippen molar-refractivity contribution in [1.29, 1.82) is 0 Å². The molecule has 1 aromatic carbocycles. The van der Waals surface area contributed by atoms with Crippen molar-refractivity contribution in [1.82, 2.24) is 9.55 Å². The van der Waals surface area contributed by atoms with E-state index < -0.39 is 0 Å². The van der Waals surface area contributed by atoms with E-state index in [9.17, 15) is 0 Å². The lowest BCUT2D eigenvalue weighted by atomic mass is 10.3. The first-order chi connectivity index (χ1) is 9.67. The molecule has 0 aliphatic carbocycles. The second-order valence-electron chi connectivity index (χ2n) is 4.40. The lowest BCUT2D eigenvalue weighted by Gasteiger charge is -2.06. The number of hydrogen-bond acceptors (Lipinski definition) is 2. The highest BCUT2D eigenvalue weighted by atomic mass is 79.9. The molecule has 2 aromatic heterocycles. The van der Waals surface area contributed by atoms with Crippen LogP contribution < -0.4 is 0 Å². The standard InChI is InChI=1S/C14H11Br2ClN2S/c15-9-1-3-11-12(7-9)19(14(8-17)18-11)6-5-10-2-4-13(16)20-10/h1-4,7H,5-6,8H2. The average molecular weight is 435 g/mol. The Balaban J connectivity index is 1.94. The molecule has 0 fully saturated rings. The van der Waals surface area contributed by atoms with Gasteiger partial charge in [0, 0.05) is 15.9 Å². The highest BCUT2D eigenvalue weighted by Crippen LogP contribution is 2.25. The van der Waals surface area contributed by atoms with Gasteiger partial charge in [0.15, 0.2) is 0 Å². The number of fused-ring (bicyclic) bond motifs is 1. The van der Waals surface area contributed by atoms with Crippen molar-refractivity contribution in [3.8, 4) is 0 Å². The van der Waals surface area contributed by atoms with Crippen molar-refractivity contribution in [3.05, 3.63) is 49.3 Å². The maximum absolute atomic E-state index is 6.03. The minimum absolute atomic E-state index is 0.431. The van der Waals surface area contributed by atoms with Gasteiger partial charge in [0.2, 0.25) is 0 Å². The SMILES string of the molecule is ClCc1nc2ccc(Br)cc2n1CCc1ccc(Br)s1. The summed E-state index contributed by atoms with van der Waals surface area (Å²) in [6, 6.07) is 10.4. The molecule has 20 heavy (non-hydrogen) atoms. The number of nitrogens with zero attached hydrogens (tertiary/aromatic N) is 2. The van der Waals surface area contributed by atoms with Crippen molar-refractivity contribution in [3.63, 3.8) is 0 Å². The van der Waals surface area contributed by atoms with Gasteiger partial charge in [-0.15, -0.1) is 22.9 Å². The van der Waals surface area contributed by atoms with Crippen LogP contribution in [0.2, 0.25) is 0 Å². The van der Waals surface area contributed by atoms with Crippen LogP contribution in [-0.2, 0) is 18.8 Å². The van der Waals surface area contributed by atoms with Crippen LogP contribution in [0.15, 0.2) is 38.6 Å². The van der Waals surface area contributed by atoms with E-state index in [1.165, 1.54) is 8.66 Å². The Morgan fingerprint density at radius 3 is 2.75 bits per heavy atom. The first-order valence-electron chi connectivity index (χ1n) is 6.12. The van der Waals surface area contributed by atoms with Gasteiger partial charge in [0.25, 0.3) is 0 Å². The molecule has 0 spiro atoms. The molecule has 0 aliphatic heterocycles. The summed E-state index contributed by atoms with van der Waals surface area (Å²) in [4.78, 5) is 5.95. The monoisotopic (exact) mass is 432 g/mol. The molecule has 0 saturated carbocycles. The van der Waals surface area contributed by atoms with Gasteiger partial charge in [-0.1, -0.05) is 15.9 Å². The quantitative estimate of drug-likeness (QED) is 0.489. The van der Waals surface area contributed by atoms with Crippen molar-refractivity contribution in [2.24, 2.45) is 0 Å². The molecule has 0 amide bonds. The number of aryl methyl sites for hydroxylation is 2. The van der Waals surface area contributed by atoms with Gasteiger partial charge in [-0.05, 0) is 52.7 Å². The van der Waals surface area contributed by atoms with Crippen molar-refractivity contribution in [2.45, 2.75) is 18.8 Å². The van der Waals surface area contributed by atoms with E-state index in [4.69, 9.17) is 11.6 Å². The highest BCUT2D eigenvalue weighted by Gasteiger charge is 2.10. The third kappa shape index (κ3) is 2.96. The second-order valence-corrected chi connectivity index (χ2v) is 8.13. The third-order valence-electron chi connectivity index (χ3n) is 3.12. The minimum Gasteiger partial charge on any atom is -0.327 e. The molecule has 0 unspecified atom stereocenters. The largest absolute Gasteiger partial charge is 0.327 e. The number of halogens is 3. The topological polar surface area (TPSA) is 17.8 Å². The molecule has 3 aromatic rings. The van der Waals surface area contributed by atoms with E-state index in [0.29, 0.717) is 5.88 Å². The molecule has 0 N–H and O–H groups in total. The normalized spacial score (nSPS) is 11.3. The van der Waals surface area contributed by atoms with Crippen LogP contribution in [-0.4, -0.2) is 9.55 Å². The van der Waals surface area contributed by atoms with Gasteiger partial charge >= 0.3 is 0 Å². The van der Waals surface area contributed by atoms with Crippen LogP contribution in [0.1, 0.15) is 10.7 Å². The fourth-order valence-corrected chi connectivity index (χ4v) is 4.23. The van der Waals surface area contributed by atoms with Gasteiger partial charge in [0.1, 0.15) is 5.82 Å². The number of alkyl halides is 1. The summed E-state index contributed by atoms with van der Waals surface area (Å²) in [5.41, 5.74) is 2.13. The molecule has 0 aliphatic rings. The van der Waals surface area contributed by atoms with Crippen molar-refractivity contribution < 1.29 is 0 Å². The van der Waals surface area contributed by atoms with Crippen LogP contribution in [0.25, 0.3) is 11.0 Å². The van der Waals surface area contributed by atoms with E-state index in [-0.39, 0.29) is 0 Å². The van der Waals surface area contributed by atoms with Gasteiger partial charge in [-0.2, -0.15) is 0 Å². The first kappa shape index (κ1) is 14.6. The molecular formula is C14H11Br2ClN2S. The summed E-state index contributed by atoms with van der Waals surface area (Å²) in [5.74, 6) is 1.36. The van der Waals surface area contributed by atoms with Gasteiger partial charge < -0.3 is 4.57 Å². The molecule has 104 valence electrons. The van der Waals surface area contributed by atoms with E-state index in [1.54, 1.807) is 11.3 Å². The summed E-state index contributed by atoms with van der Waals surface area (Å²) in [6.45, 7) is 0.891. The fraction of sp³-hybridized carbons (Fsp3) is 0.214. The number of aromatic nitrogens is 2. The first-order valence-corrected chi connectivity index (χ1v) is 9.06. The summed E-state index contributed by atoms with van der Waals surface area (Å²) in [7, 11) is 0. The summed E-state index contributed by atoms with van der Waals surface area (Å²) in [5, 5.41) is 0. The fourth-order valence-electron chi connectivity index (χ4n) is 2.21. The van der Waals surface area contributed by atoms with Crippen LogP contribution in [0.3, 0.4) is 0 Å². The Morgan fingerprint density at radius 2 is 2.05 bits per heavy atom. The van der Waals surface area contributed by atoms with Gasteiger partial charge in [0.05, 0.1) is 20.7 Å². The Kier molecular flexibility index (Phi) is 4.50. The second kappa shape index (κ2) is 6.18. The Morgan fingerprint density at radius 1 is 1.20 bits per heavy atom. The summed E-state index contributed by atoms with van der Waals surface area (Å²) >= 11 is 14.8. The van der Waals surface area contributed by atoms with E-state index in [1.807, 2.05) is 12.1 Å². The van der Waals surface area contributed by atoms with Gasteiger partial charge in [-0.25, -0.2) is 4.98 Å². The maximum Gasteiger partial charge on any atom is 0.124 e. The number of thiophene rings is 1. The Labute approximate surface area is 143 Å². The van der Waals surface area contributed by atoms with E-state index >= 15 is 0 Å². The Bertz CT molecular complexity index is 751. The zero-order valence-electron chi connectivity index (χ0n) is 10.4. The van der Waals surface area contributed by atoms with Crippen molar-refractivity contribution in [2.75, 3.05) is 0 Å². The third-order valence-corrected chi connectivity index (χ3v) is 5.54. The Hall–Kier alpha value is -0.360. The zero-order chi connectivity index (χ0) is 14.1. The molecule has 0 radical (unpaired) electrons. The average Bonchev–Trinajstić information content (AvgIpc) is 2.99. The minimum atomic E-state index is 0.431. The molecule has 0 atom stereocenters. The summed E-state index contributed by atoms with van der Waals surface area (Å²) in [6.07, 6.45) is 0.984.